The van der Waals surface area contributed by atoms with Crippen molar-refractivity contribution in [2.75, 3.05) is 11.1 Å². The number of hydrogen-bond acceptors (Lipinski definition) is 3. The minimum Gasteiger partial charge on any atom is -0.326 e. The van der Waals surface area contributed by atoms with Gasteiger partial charge in [-0.05, 0) is 32.4 Å². The Kier molecular flexibility index (Phi) is 5.04. The van der Waals surface area contributed by atoms with E-state index >= 15 is 0 Å². The van der Waals surface area contributed by atoms with Gasteiger partial charge < -0.3 is 11.1 Å². The highest BCUT2D eigenvalue weighted by molar-refractivity contribution is 7.87. The van der Waals surface area contributed by atoms with Crippen LogP contribution in [0, 0.1) is 0 Å². The van der Waals surface area contributed by atoms with Crippen LogP contribution in [0.25, 0.3) is 0 Å². The Labute approximate surface area is 110 Å². The number of benzene rings is 1. The number of anilines is 1. The molecular weight excluding hydrogens is 248 g/mol. The minimum atomic E-state index is -1.19. The lowest BCUT2D eigenvalue weighted by Gasteiger charge is -2.17. The fourth-order valence-corrected chi connectivity index (χ4v) is 2.09. The number of carbonyl (C=O) groups excluding carboxylic acids is 1. The molecule has 1 atom stereocenters. The summed E-state index contributed by atoms with van der Waals surface area (Å²) in [5.74, 6) is -0.244. The van der Waals surface area contributed by atoms with Gasteiger partial charge in [-0.15, -0.1) is 0 Å². The monoisotopic (exact) mass is 268 g/mol. The van der Waals surface area contributed by atoms with Crippen LogP contribution in [-0.2, 0) is 22.1 Å². The van der Waals surface area contributed by atoms with Crippen LogP contribution in [0.1, 0.15) is 26.3 Å². The third kappa shape index (κ3) is 4.23. The van der Waals surface area contributed by atoms with Crippen molar-refractivity contribution in [3.63, 3.8) is 0 Å². The molecule has 1 rings (SSSR count). The van der Waals surface area contributed by atoms with Gasteiger partial charge in [0.1, 0.15) is 5.75 Å². The number of carbonyl (C=O) groups is 1. The predicted molar refractivity (Wildman–Crippen MR) is 75.7 cm³/mol. The van der Waals surface area contributed by atoms with Crippen molar-refractivity contribution in [1.82, 2.24) is 0 Å². The number of para-hydroxylation sites is 1. The normalized spacial score (nSPS) is 13.1. The third-order valence-electron chi connectivity index (χ3n) is 2.46. The third-order valence-corrected chi connectivity index (χ3v) is 4.35. The highest BCUT2D eigenvalue weighted by Gasteiger charge is 2.22. The molecule has 0 saturated heterocycles. The molecule has 1 unspecified atom stereocenters. The van der Waals surface area contributed by atoms with Crippen molar-refractivity contribution >= 4 is 22.4 Å². The van der Waals surface area contributed by atoms with E-state index in [4.69, 9.17) is 5.73 Å². The number of nitrogens with one attached hydrogen (secondary N) is 1. The van der Waals surface area contributed by atoms with Crippen LogP contribution < -0.4 is 11.1 Å². The summed E-state index contributed by atoms with van der Waals surface area (Å²) < 4.78 is 11.5. The van der Waals surface area contributed by atoms with Gasteiger partial charge in [0.25, 0.3) is 0 Å². The summed E-state index contributed by atoms with van der Waals surface area (Å²) >= 11 is 0. The van der Waals surface area contributed by atoms with Gasteiger partial charge in [-0.1, -0.05) is 18.2 Å². The van der Waals surface area contributed by atoms with E-state index in [0.29, 0.717) is 12.2 Å². The zero-order chi connectivity index (χ0) is 13.8. The molecule has 4 nitrogen and oxygen atoms in total. The van der Waals surface area contributed by atoms with E-state index < -0.39 is 10.8 Å². The van der Waals surface area contributed by atoms with Gasteiger partial charge in [-0.3, -0.25) is 9.00 Å². The number of hydrogen-bond donors (Lipinski definition) is 2. The van der Waals surface area contributed by atoms with Crippen molar-refractivity contribution in [3.8, 4) is 0 Å². The van der Waals surface area contributed by atoms with Gasteiger partial charge >= 0.3 is 0 Å². The Morgan fingerprint density at radius 2 is 1.94 bits per heavy atom. The maximum atomic E-state index is 11.8. The van der Waals surface area contributed by atoms with Crippen molar-refractivity contribution in [2.24, 2.45) is 5.73 Å². The highest BCUT2D eigenvalue weighted by atomic mass is 32.2. The molecule has 0 aliphatic rings. The molecule has 0 heterocycles. The first-order valence-corrected chi connectivity index (χ1v) is 7.13. The molecule has 0 fully saturated rings. The van der Waals surface area contributed by atoms with Crippen LogP contribution in [0.15, 0.2) is 24.3 Å². The fraction of sp³-hybridized carbons (Fsp3) is 0.462. The standard InChI is InChI=1S/C13H20N2O2S/c1-13(2,3)18(17)9-12(16)15-11-7-5-4-6-10(11)8-14/h4-7H,8-9,14H2,1-3H3,(H,15,16). The minimum absolute atomic E-state index is 0.00239. The lowest BCUT2D eigenvalue weighted by Crippen LogP contribution is -2.30. The Balaban J connectivity index is 2.68. The van der Waals surface area contributed by atoms with E-state index in [1.807, 2.05) is 39.0 Å². The summed E-state index contributed by atoms with van der Waals surface area (Å²) in [5, 5.41) is 2.75. The van der Waals surface area contributed by atoms with Crippen LogP contribution in [-0.4, -0.2) is 20.6 Å². The lowest BCUT2D eigenvalue weighted by atomic mass is 10.2. The summed E-state index contributed by atoms with van der Waals surface area (Å²) in [7, 11) is -1.19. The Hall–Kier alpha value is -1.20. The first-order chi connectivity index (χ1) is 8.34. The van der Waals surface area contributed by atoms with Crippen LogP contribution in [0.3, 0.4) is 0 Å². The average molecular weight is 268 g/mol. The molecule has 0 aliphatic carbocycles. The first-order valence-electron chi connectivity index (χ1n) is 5.81. The van der Waals surface area contributed by atoms with Crippen LogP contribution in [0.5, 0.6) is 0 Å². The second kappa shape index (κ2) is 6.11. The maximum Gasteiger partial charge on any atom is 0.237 e. The van der Waals surface area contributed by atoms with Crippen molar-refractivity contribution in [3.05, 3.63) is 29.8 Å². The Bertz CT molecular complexity index is 453. The maximum absolute atomic E-state index is 11.8. The predicted octanol–water partition coefficient (Wildman–Crippen LogP) is 1.63. The smallest absolute Gasteiger partial charge is 0.237 e. The lowest BCUT2D eigenvalue weighted by molar-refractivity contribution is -0.113. The van der Waals surface area contributed by atoms with E-state index in [9.17, 15) is 9.00 Å². The Morgan fingerprint density at radius 3 is 2.50 bits per heavy atom. The molecule has 0 spiro atoms. The molecule has 1 aromatic rings. The van der Waals surface area contributed by atoms with E-state index in [1.165, 1.54) is 0 Å². The molecule has 18 heavy (non-hydrogen) atoms. The summed E-state index contributed by atoms with van der Waals surface area (Å²) in [6.45, 7) is 5.91. The molecule has 0 bridgehead atoms. The number of rotatable bonds is 4. The SMILES string of the molecule is CC(C)(C)S(=O)CC(=O)Nc1ccccc1CN. The topological polar surface area (TPSA) is 72.2 Å². The molecule has 0 aromatic heterocycles. The van der Waals surface area contributed by atoms with Gasteiger partial charge in [0.05, 0.1) is 0 Å². The molecule has 5 heteroatoms. The Morgan fingerprint density at radius 1 is 1.33 bits per heavy atom. The first kappa shape index (κ1) is 14.9. The molecule has 3 N–H and O–H groups in total. The fourth-order valence-electron chi connectivity index (χ4n) is 1.34. The highest BCUT2D eigenvalue weighted by Crippen LogP contribution is 2.15. The number of amides is 1. The second-order valence-electron chi connectivity index (χ2n) is 5.01. The molecule has 1 aromatic carbocycles. The quantitative estimate of drug-likeness (QED) is 0.871. The van der Waals surface area contributed by atoms with Crippen molar-refractivity contribution in [1.29, 1.82) is 0 Å². The van der Waals surface area contributed by atoms with Gasteiger partial charge in [0.15, 0.2) is 0 Å². The van der Waals surface area contributed by atoms with Gasteiger partial charge in [-0.2, -0.15) is 0 Å². The summed E-state index contributed by atoms with van der Waals surface area (Å²) in [5.41, 5.74) is 7.14. The zero-order valence-electron chi connectivity index (χ0n) is 11.0. The van der Waals surface area contributed by atoms with Gasteiger partial charge in [0.2, 0.25) is 5.91 Å². The average Bonchev–Trinajstić information content (AvgIpc) is 2.28. The molecule has 0 radical (unpaired) electrons. The van der Waals surface area contributed by atoms with Crippen LogP contribution in [0.2, 0.25) is 0 Å². The second-order valence-corrected chi connectivity index (χ2v) is 7.22. The molecule has 1 amide bonds. The molecule has 0 aliphatic heterocycles. The van der Waals surface area contributed by atoms with Crippen LogP contribution >= 0.6 is 0 Å². The molecule has 100 valence electrons. The van der Waals surface area contributed by atoms with Crippen molar-refractivity contribution in [2.45, 2.75) is 32.1 Å². The summed E-state index contributed by atoms with van der Waals surface area (Å²) in [6, 6.07) is 7.34. The molecular formula is C13H20N2O2S. The van der Waals surface area contributed by atoms with Crippen LogP contribution in [0.4, 0.5) is 5.69 Å². The van der Waals surface area contributed by atoms with E-state index in [0.717, 1.165) is 5.56 Å². The van der Waals surface area contributed by atoms with Gasteiger partial charge in [-0.25, -0.2) is 0 Å². The van der Waals surface area contributed by atoms with Gasteiger partial charge in [0, 0.05) is 27.8 Å². The zero-order valence-corrected chi connectivity index (χ0v) is 11.8. The van der Waals surface area contributed by atoms with E-state index in [2.05, 4.69) is 5.32 Å². The molecule has 0 saturated carbocycles. The summed E-state index contributed by atoms with van der Waals surface area (Å²) in [4.78, 5) is 11.8. The van der Waals surface area contributed by atoms with Crippen molar-refractivity contribution < 1.29 is 9.00 Å². The van der Waals surface area contributed by atoms with E-state index in [1.54, 1.807) is 6.07 Å². The van der Waals surface area contributed by atoms with E-state index in [-0.39, 0.29) is 16.4 Å². The number of nitrogens with two attached hydrogens (primary N) is 1. The summed E-state index contributed by atoms with van der Waals surface area (Å²) in [6.07, 6.45) is 0. The largest absolute Gasteiger partial charge is 0.326 e.